The van der Waals surface area contributed by atoms with E-state index < -0.39 is 36.4 Å². The molecule has 2 aliphatic heterocycles. The number of carbonyl (C=O) groups is 4. The second kappa shape index (κ2) is 13.5. The van der Waals surface area contributed by atoms with Crippen LogP contribution in [0.4, 0.5) is 4.39 Å². The predicted octanol–water partition coefficient (Wildman–Crippen LogP) is 1.62. The minimum absolute atomic E-state index is 0.188. The van der Waals surface area contributed by atoms with Gasteiger partial charge in [-0.15, -0.1) is 5.10 Å². The number of halogens is 1. The van der Waals surface area contributed by atoms with Gasteiger partial charge >= 0.3 is 17.9 Å². The van der Waals surface area contributed by atoms with E-state index in [0.717, 1.165) is 50.3 Å². The minimum Gasteiger partial charge on any atom is -0.481 e. The van der Waals surface area contributed by atoms with Gasteiger partial charge in [0.1, 0.15) is 5.82 Å². The summed E-state index contributed by atoms with van der Waals surface area (Å²) in [7, 11) is 0. The average molecular weight is 567 g/mol. The molecule has 0 saturated carbocycles. The monoisotopic (exact) mass is 566 g/mol. The lowest BCUT2D eigenvalue weighted by atomic mass is 9.87. The lowest BCUT2D eigenvalue weighted by molar-refractivity contribution is -0.170. The van der Waals surface area contributed by atoms with Crippen LogP contribution < -0.4 is 0 Å². The van der Waals surface area contributed by atoms with Crippen molar-refractivity contribution in [2.24, 2.45) is 0 Å². The fourth-order valence-corrected chi connectivity index (χ4v) is 5.36. The molecule has 14 heteroatoms. The maximum Gasteiger partial charge on any atom is 0.336 e. The number of piperidine rings is 1. The van der Waals surface area contributed by atoms with E-state index >= 15 is 0 Å². The topological polar surface area (TPSA) is 181 Å². The van der Waals surface area contributed by atoms with E-state index in [9.17, 15) is 23.6 Å². The highest BCUT2D eigenvalue weighted by Gasteiger charge is 2.41. The zero-order valence-electron chi connectivity index (χ0n) is 21.1. The first-order chi connectivity index (χ1) is 18.5. The highest BCUT2D eigenvalue weighted by Crippen LogP contribution is 2.39. The number of carbonyl (C=O) groups excluding carboxylic acids is 1. The van der Waals surface area contributed by atoms with Gasteiger partial charge in [-0.1, -0.05) is 16.6 Å². The molecule has 4 rings (SSSR count). The molecule has 1 amide bonds. The normalized spacial score (nSPS) is 19.7. The highest BCUT2D eigenvalue weighted by molar-refractivity contribution is 7.03. The van der Waals surface area contributed by atoms with Crippen LogP contribution >= 0.6 is 11.5 Å². The van der Waals surface area contributed by atoms with Crippen LogP contribution in [0.2, 0.25) is 0 Å². The van der Waals surface area contributed by atoms with Gasteiger partial charge in [0.2, 0.25) is 5.91 Å². The summed E-state index contributed by atoms with van der Waals surface area (Å²) in [6, 6.07) is 6.71. The number of hydrogen-bond donors (Lipinski definition) is 4. The minimum atomic E-state index is -2.74. The Balaban J connectivity index is 0.000000276. The number of likely N-dealkylation sites (tertiary alicyclic amines) is 2. The summed E-state index contributed by atoms with van der Waals surface area (Å²) in [6.45, 7) is 3.78. The molecule has 0 spiro atoms. The summed E-state index contributed by atoms with van der Waals surface area (Å²) < 4.78 is 17.3. The largest absolute Gasteiger partial charge is 0.481 e. The number of hydrogen-bond acceptors (Lipinski definition) is 9. The van der Waals surface area contributed by atoms with Gasteiger partial charge in [0, 0.05) is 43.4 Å². The van der Waals surface area contributed by atoms with Crippen LogP contribution in [0.1, 0.15) is 55.2 Å². The molecule has 39 heavy (non-hydrogen) atoms. The Morgan fingerprint density at radius 1 is 0.949 bits per heavy atom. The molecule has 2 aromatic rings. The van der Waals surface area contributed by atoms with Crippen LogP contribution in [0.5, 0.6) is 0 Å². The number of rotatable bonds is 9. The van der Waals surface area contributed by atoms with Crippen molar-refractivity contribution in [1.82, 2.24) is 19.4 Å². The van der Waals surface area contributed by atoms with E-state index in [2.05, 4.69) is 14.5 Å². The molecule has 1 aromatic carbocycles. The Bertz CT molecular complexity index is 1130. The smallest absolute Gasteiger partial charge is 0.336 e. The van der Waals surface area contributed by atoms with Crippen LogP contribution in [0.15, 0.2) is 29.6 Å². The van der Waals surface area contributed by atoms with Crippen LogP contribution in [-0.2, 0) is 19.2 Å². The molecule has 12 nitrogen and oxygen atoms in total. The fourth-order valence-electron chi connectivity index (χ4n) is 4.84. The molecule has 2 aliphatic rings. The van der Waals surface area contributed by atoms with Gasteiger partial charge in [0.25, 0.3) is 0 Å². The molecule has 0 bridgehead atoms. The maximum atomic E-state index is 13.3. The predicted molar refractivity (Wildman–Crippen MR) is 136 cm³/mol. The van der Waals surface area contributed by atoms with E-state index in [4.69, 9.17) is 20.4 Å². The highest BCUT2D eigenvalue weighted by atomic mass is 32.1. The second-order valence-corrected chi connectivity index (χ2v) is 10.3. The lowest BCUT2D eigenvalue weighted by Gasteiger charge is -2.28. The molecule has 0 unspecified atom stereocenters. The standard InChI is InChI=1S/C19H23FN4OS.C6H8O7/c20-15-6-4-14(5-7-15)16-10-23(11-17(16)18-13-26-22-21-18)12-19(25)24-8-2-1-3-9-24;7-3(8)1-6(13,5(11)12)2-4(9)10/h4-7,13,16-17H,1-3,8-12H2;13H,1-2H2,(H,7,8)(H,9,10)(H,11,12)/t16-,17+;/m1./s1. The van der Waals surface area contributed by atoms with Gasteiger partial charge in [-0.2, -0.15) is 0 Å². The van der Waals surface area contributed by atoms with Gasteiger partial charge in [0.15, 0.2) is 5.60 Å². The number of amides is 1. The van der Waals surface area contributed by atoms with Crippen molar-refractivity contribution in [3.8, 4) is 0 Å². The Labute approximate surface area is 227 Å². The zero-order chi connectivity index (χ0) is 28.6. The third-order valence-electron chi connectivity index (χ3n) is 6.80. The van der Waals surface area contributed by atoms with Crippen LogP contribution in [0.3, 0.4) is 0 Å². The molecular weight excluding hydrogens is 535 g/mol. The van der Waals surface area contributed by atoms with Crippen molar-refractivity contribution in [1.29, 1.82) is 0 Å². The van der Waals surface area contributed by atoms with Gasteiger partial charge < -0.3 is 25.3 Å². The van der Waals surface area contributed by atoms with Crippen LogP contribution in [0, 0.1) is 5.82 Å². The Kier molecular flexibility index (Phi) is 10.4. The summed E-state index contributed by atoms with van der Waals surface area (Å²) in [5, 5.41) is 40.1. The quantitative estimate of drug-likeness (QED) is 0.346. The number of aliphatic carboxylic acids is 3. The number of benzene rings is 1. The number of carboxylic acids is 3. The first kappa shape index (κ1) is 30.1. The summed E-state index contributed by atoms with van der Waals surface area (Å²) >= 11 is 1.35. The molecule has 212 valence electrons. The lowest BCUT2D eigenvalue weighted by Crippen LogP contribution is -2.42. The van der Waals surface area contributed by atoms with E-state index in [-0.39, 0.29) is 23.6 Å². The molecule has 3 heterocycles. The molecule has 1 aromatic heterocycles. The third kappa shape index (κ3) is 8.50. The van der Waals surface area contributed by atoms with Crippen molar-refractivity contribution in [3.05, 3.63) is 46.7 Å². The van der Waals surface area contributed by atoms with Crippen molar-refractivity contribution in [2.45, 2.75) is 49.5 Å². The first-order valence-electron chi connectivity index (χ1n) is 12.4. The Morgan fingerprint density at radius 3 is 2.05 bits per heavy atom. The maximum absolute atomic E-state index is 13.3. The molecule has 0 radical (unpaired) electrons. The van der Waals surface area contributed by atoms with Crippen LogP contribution in [-0.4, -0.2) is 102 Å². The molecule has 2 atom stereocenters. The van der Waals surface area contributed by atoms with E-state index in [0.29, 0.717) is 6.54 Å². The molecule has 2 saturated heterocycles. The van der Waals surface area contributed by atoms with Gasteiger partial charge in [-0.05, 0) is 48.5 Å². The third-order valence-corrected chi connectivity index (χ3v) is 7.33. The number of aromatic nitrogens is 2. The fraction of sp³-hybridized carbons (Fsp3) is 0.520. The van der Waals surface area contributed by atoms with Crippen molar-refractivity contribution in [3.63, 3.8) is 0 Å². The molecule has 4 N–H and O–H groups in total. The van der Waals surface area contributed by atoms with E-state index in [1.54, 1.807) is 0 Å². The Hall–Kier alpha value is -3.49. The average Bonchev–Trinajstić information content (AvgIpc) is 3.55. The van der Waals surface area contributed by atoms with Gasteiger partial charge in [0.05, 0.1) is 25.1 Å². The second-order valence-electron chi connectivity index (χ2n) is 9.71. The first-order valence-corrected chi connectivity index (χ1v) is 13.2. The Morgan fingerprint density at radius 2 is 1.54 bits per heavy atom. The summed E-state index contributed by atoms with van der Waals surface area (Å²) in [5.74, 6) is -4.63. The SMILES string of the molecule is O=C(CN1C[C@H](c2ccc(F)cc2)[C@@H](c2csnn2)C1)N1CCCCC1.O=C(O)CC(O)(CC(=O)O)C(=O)O. The van der Waals surface area contributed by atoms with Crippen molar-refractivity contribution >= 4 is 35.3 Å². The summed E-state index contributed by atoms with van der Waals surface area (Å²) in [5.41, 5.74) is -0.674. The number of nitrogens with zero attached hydrogens (tertiary/aromatic N) is 4. The van der Waals surface area contributed by atoms with Gasteiger partial charge in [-0.3, -0.25) is 19.3 Å². The van der Waals surface area contributed by atoms with E-state index in [1.807, 2.05) is 22.4 Å². The van der Waals surface area contributed by atoms with Crippen molar-refractivity contribution < 1.29 is 44.0 Å². The molecule has 0 aliphatic carbocycles. The molecular formula is C25H31FN4O8S. The summed E-state index contributed by atoms with van der Waals surface area (Å²) in [4.78, 5) is 47.3. The summed E-state index contributed by atoms with van der Waals surface area (Å²) in [6.07, 6.45) is 1.15. The van der Waals surface area contributed by atoms with Gasteiger partial charge in [-0.25, -0.2) is 9.18 Å². The zero-order valence-corrected chi connectivity index (χ0v) is 21.9. The molecule has 2 fully saturated rings. The van der Waals surface area contributed by atoms with Crippen LogP contribution in [0.25, 0.3) is 0 Å². The number of aliphatic hydroxyl groups is 1. The number of carboxylic acid groups (broad SMARTS) is 3. The van der Waals surface area contributed by atoms with Crippen molar-refractivity contribution in [2.75, 3.05) is 32.7 Å². The van der Waals surface area contributed by atoms with E-state index in [1.165, 1.54) is 30.1 Å².